The molecule has 4 saturated carbocycles. The summed E-state index contributed by atoms with van der Waals surface area (Å²) in [7, 11) is -1.29. The fraction of sp³-hybridized carbons (Fsp3) is 0.857. The third-order valence-corrected chi connectivity index (χ3v) is 13.6. The van der Waals surface area contributed by atoms with Crippen LogP contribution in [0.1, 0.15) is 105 Å². The molecule has 4 aliphatic carbocycles. The molecule has 0 aromatic heterocycles. The van der Waals surface area contributed by atoms with E-state index < -0.39 is 68.6 Å². The molecule has 1 saturated heterocycles. The lowest BCUT2D eigenvalue weighted by Crippen LogP contribution is -2.64. The molecule has 1 aliphatic heterocycles. The molecule has 1 heterocycles. The second-order valence-corrected chi connectivity index (χ2v) is 19.1. The van der Waals surface area contributed by atoms with Gasteiger partial charge in [0.15, 0.2) is 0 Å². The Morgan fingerprint density at radius 3 is 2.18 bits per heavy atom. The Labute approximate surface area is 296 Å². The van der Waals surface area contributed by atoms with E-state index in [1.165, 1.54) is 19.1 Å². The van der Waals surface area contributed by atoms with E-state index in [0.29, 0.717) is 31.7 Å². The highest BCUT2D eigenvalue weighted by Gasteiger charge is 2.70. The molecule has 4 N–H and O–H groups in total. The highest BCUT2D eigenvalue weighted by atomic mass is 32.2. The van der Waals surface area contributed by atoms with Crippen molar-refractivity contribution in [2.75, 3.05) is 26.5 Å². The predicted molar refractivity (Wildman–Crippen MR) is 186 cm³/mol. The Hall–Kier alpha value is -2.78. The Morgan fingerprint density at radius 1 is 0.980 bits per heavy atom. The fourth-order valence-electron chi connectivity index (χ4n) is 8.10. The van der Waals surface area contributed by atoms with Crippen molar-refractivity contribution in [2.24, 2.45) is 28.6 Å². The first-order chi connectivity index (χ1) is 23.3. The number of ketones is 1. The number of urea groups is 1. The minimum absolute atomic E-state index is 0.00493. The van der Waals surface area contributed by atoms with E-state index in [-0.39, 0.29) is 29.0 Å². The van der Waals surface area contributed by atoms with Crippen molar-refractivity contribution in [3.8, 4) is 0 Å². The van der Waals surface area contributed by atoms with Crippen LogP contribution in [-0.2, 0) is 34.0 Å². The van der Waals surface area contributed by atoms with Crippen LogP contribution in [0.3, 0.4) is 0 Å². The summed E-state index contributed by atoms with van der Waals surface area (Å²) in [5.41, 5.74) is -2.02. The first-order valence-electron chi connectivity index (χ1n) is 18.3. The number of carbonyl (C=O) groups is 5. The van der Waals surface area contributed by atoms with Gasteiger partial charge in [-0.3, -0.25) is 24.0 Å². The van der Waals surface area contributed by atoms with Gasteiger partial charge in [-0.1, -0.05) is 71.2 Å². The van der Waals surface area contributed by atoms with Crippen molar-refractivity contribution in [1.29, 1.82) is 0 Å². The maximum Gasteiger partial charge on any atom is 0.315 e. The van der Waals surface area contributed by atoms with Gasteiger partial charge in [0, 0.05) is 19.6 Å². The normalized spacial score (nSPS) is 26.7. The maximum absolute atomic E-state index is 14.5. The number of Topliss-reactive ketones (excluding diaryl/α,β-unsaturated/α-hetero) is 1. The number of hydroxylamine groups is 1. The van der Waals surface area contributed by atoms with E-state index in [0.717, 1.165) is 55.8 Å². The van der Waals surface area contributed by atoms with E-state index in [2.05, 4.69) is 35.1 Å². The van der Waals surface area contributed by atoms with Crippen molar-refractivity contribution < 1.29 is 37.2 Å². The third kappa shape index (κ3) is 8.63. The van der Waals surface area contributed by atoms with Crippen molar-refractivity contribution >= 4 is 39.6 Å². The topological polar surface area (TPSA) is 183 Å². The van der Waals surface area contributed by atoms with Gasteiger partial charge in [0.2, 0.25) is 27.6 Å². The molecule has 5 amide bonds. The summed E-state index contributed by atoms with van der Waals surface area (Å²) in [5.74, 6) is -2.17. The van der Waals surface area contributed by atoms with Crippen molar-refractivity contribution in [1.82, 2.24) is 30.6 Å². The van der Waals surface area contributed by atoms with Crippen LogP contribution in [0, 0.1) is 28.6 Å². The molecule has 14 nitrogen and oxygen atoms in total. The highest BCUT2D eigenvalue weighted by Crippen LogP contribution is 2.65. The number of hydrogen-bond acceptors (Lipinski definition) is 8. The number of fused-ring (bicyclic) bond motifs is 1. The third-order valence-electron chi connectivity index (χ3n) is 11.8. The van der Waals surface area contributed by atoms with Crippen LogP contribution in [0.15, 0.2) is 0 Å². The number of amides is 5. The Balaban J connectivity index is 1.33. The van der Waals surface area contributed by atoms with Crippen molar-refractivity contribution in [3.63, 3.8) is 0 Å². The van der Waals surface area contributed by atoms with Crippen LogP contribution in [-0.4, -0.2) is 103 Å². The standard InChI is InChI=1S/C35H58N6O8S/c1-33(2,3)28(38-32(46)39-35(17-9-8-10-18-35)20-50(47,48)40(6)49-7)31(45)41-19-23-25(34(23,4)5)26(41)29(43)37-24(16-13-21-11-12-21)27(42)30(44)36-22-14-15-22/h21-26,28H,8-20H2,1-7H3,(H,36,44)(H,37,43)(H2,38,39,46)/t23-,24-,25-,26-,28+/m0/s1. The highest BCUT2D eigenvalue weighted by molar-refractivity contribution is 7.89. The number of hydrogen-bond donors (Lipinski definition) is 4. The summed E-state index contributed by atoms with van der Waals surface area (Å²) in [6.45, 7) is 9.92. The number of piperidine rings is 1. The minimum atomic E-state index is -3.86. The molecule has 0 aromatic carbocycles. The lowest BCUT2D eigenvalue weighted by molar-refractivity contribution is -0.145. The zero-order chi connectivity index (χ0) is 36.8. The average Bonchev–Trinajstić information content (AvgIpc) is 3.99. The first-order valence-corrected chi connectivity index (χ1v) is 20.0. The number of rotatable bonds is 15. The van der Waals surface area contributed by atoms with E-state index >= 15 is 0 Å². The van der Waals surface area contributed by atoms with E-state index in [4.69, 9.17) is 4.84 Å². The number of nitrogens with zero attached hydrogens (tertiary/aromatic N) is 2. The number of carbonyl (C=O) groups excluding carboxylic acids is 5. The van der Waals surface area contributed by atoms with Gasteiger partial charge in [0.25, 0.3) is 5.91 Å². The molecular formula is C35H58N6O8S. The van der Waals surface area contributed by atoms with Crippen LogP contribution in [0.25, 0.3) is 0 Å². The molecule has 5 atom stereocenters. The zero-order valence-corrected chi connectivity index (χ0v) is 31.6. The second kappa shape index (κ2) is 14.3. The Bertz CT molecular complexity index is 1450. The van der Waals surface area contributed by atoms with Gasteiger partial charge in [0.05, 0.1) is 24.4 Å². The molecule has 0 spiro atoms. The van der Waals surface area contributed by atoms with Gasteiger partial charge in [-0.25, -0.2) is 13.2 Å². The molecule has 50 heavy (non-hydrogen) atoms. The van der Waals surface area contributed by atoms with Gasteiger partial charge in [-0.15, -0.1) is 0 Å². The van der Waals surface area contributed by atoms with Crippen molar-refractivity contribution in [2.45, 2.75) is 135 Å². The van der Waals surface area contributed by atoms with Gasteiger partial charge < -0.3 is 26.2 Å². The van der Waals surface area contributed by atoms with Crippen LogP contribution >= 0.6 is 0 Å². The van der Waals surface area contributed by atoms with E-state index in [1.54, 1.807) is 0 Å². The molecule has 0 unspecified atom stereocenters. The van der Waals surface area contributed by atoms with Gasteiger partial charge in [-0.05, 0) is 67.1 Å². The smallest absolute Gasteiger partial charge is 0.315 e. The van der Waals surface area contributed by atoms with Crippen LogP contribution in [0.5, 0.6) is 0 Å². The lowest BCUT2D eigenvalue weighted by Gasteiger charge is -2.41. The number of sulfonamides is 1. The molecule has 5 aliphatic rings. The van der Waals surface area contributed by atoms with Crippen LogP contribution < -0.4 is 21.3 Å². The molecule has 282 valence electrons. The number of nitrogens with one attached hydrogen (secondary N) is 4. The summed E-state index contributed by atoms with van der Waals surface area (Å²) in [4.78, 5) is 74.9. The molecule has 15 heteroatoms. The van der Waals surface area contributed by atoms with Gasteiger partial charge >= 0.3 is 6.03 Å². The monoisotopic (exact) mass is 722 g/mol. The predicted octanol–water partition coefficient (Wildman–Crippen LogP) is 2.23. The summed E-state index contributed by atoms with van der Waals surface area (Å²) in [5, 5.41) is 11.4. The summed E-state index contributed by atoms with van der Waals surface area (Å²) in [6.07, 6.45) is 8.21. The largest absolute Gasteiger partial charge is 0.347 e. The first kappa shape index (κ1) is 38.5. The minimum Gasteiger partial charge on any atom is -0.347 e. The molecule has 0 bridgehead atoms. The van der Waals surface area contributed by atoms with E-state index in [9.17, 15) is 32.4 Å². The Morgan fingerprint density at radius 2 is 1.62 bits per heavy atom. The molecule has 0 radical (unpaired) electrons. The van der Waals surface area contributed by atoms with Crippen molar-refractivity contribution in [3.05, 3.63) is 0 Å². The maximum atomic E-state index is 14.5. The number of likely N-dealkylation sites (tertiary alicyclic amines) is 1. The summed E-state index contributed by atoms with van der Waals surface area (Å²) in [6, 6.07) is -3.56. The quantitative estimate of drug-likeness (QED) is 0.147. The summed E-state index contributed by atoms with van der Waals surface area (Å²) < 4.78 is 26.9. The van der Waals surface area contributed by atoms with Crippen LogP contribution in [0.2, 0.25) is 0 Å². The van der Waals surface area contributed by atoms with E-state index in [1.807, 2.05) is 20.8 Å². The Kier molecular flexibility index (Phi) is 11.0. The molecule has 5 rings (SSSR count). The SMILES string of the molecule is CON(C)S(=O)(=O)CC1(NC(=O)N[C@H](C(=O)N2C[C@H]3[C@@H]([C@H]2C(=O)N[C@@H](CCC2CC2)C(=O)C(=O)NC2CC2)C3(C)C)C(C)(C)C)CCCCC1. The van der Waals surface area contributed by atoms with Gasteiger partial charge in [0.1, 0.15) is 12.1 Å². The average molecular weight is 723 g/mol. The molecule has 0 aromatic rings. The molecule has 5 fully saturated rings. The summed E-state index contributed by atoms with van der Waals surface area (Å²) >= 11 is 0. The van der Waals surface area contributed by atoms with Gasteiger partial charge in [-0.2, -0.15) is 0 Å². The lowest BCUT2D eigenvalue weighted by atomic mass is 9.83. The second-order valence-electron chi connectivity index (χ2n) is 17.2. The fourth-order valence-corrected chi connectivity index (χ4v) is 9.57. The molecular weight excluding hydrogens is 664 g/mol. The zero-order valence-electron chi connectivity index (χ0n) is 30.8. The van der Waals surface area contributed by atoms with Crippen LogP contribution in [0.4, 0.5) is 4.79 Å².